The van der Waals surface area contributed by atoms with Gasteiger partial charge < -0.3 is 19.6 Å². The molecular weight excluding hydrogens is 406 g/mol. The van der Waals surface area contributed by atoms with E-state index in [0.717, 1.165) is 5.52 Å². The maximum absolute atomic E-state index is 13.2. The number of hydrogen-bond acceptors (Lipinski definition) is 7. The van der Waals surface area contributed by atoms with Gasteiger partial charge in [0, 0.05) is 5.69 Å². The molecular formula is C21H15N3O5S. The van der Waals surface area contributed by atoms with Crippen molar-refractivity contribution in [1.82, 2.24) is 9.97 Å². The Balaban J connectivity index is 1.67. The molecule has 5 rings (SSSR count). The molecule has 1 unspecified atom stereocenters. The Morgan fingerprint density at radius 3 is 2.87 bits per heavy atom. The van der Waals surface area contributed by atoms with Crippen LogP contribution in [0.15, 0.2) is 69.9 Å². The summed E-state index contributed by atoms with van der Waals surface area (Å²) in [7, 11) is 0. The highest BCUT2D eigenvalue weighted by atomic mass is 32.1. The Labute approximate surface area is 173 Å². The minimum absolute atomic E-state index is 0.0663. The number of nitrogens with zero attached hydrogens (tertiary/aromatic N) is 2. The molecule has 0 radical (unpaired) electrons. The third-order valence-electron chi connectivity index (χ3n) is 4.99. The molecule has 0 saturated heterocycles. The highest BCUT2D eigenvalue weighted by Gasteiger charge is 2.46. The highest BCUT2D eigenvalue weighted by Crippen LogP contribution is 2.43. The Hall–Kier alpha value is -3.69. The predicted molar refractivity (Wildman–Crippen MR) is 109 cm³/mol. The second-order valence-corrected chi connectivity index (χ2v) is 7.66. The third-order valence-corrected chi connectivity index (χ3v) is 5.86. The van der Waals surface area contributed by atoms with Gasteiger partial charge in [0.15, 0.2) is 5.76 Å². The number of anilines is 1. The third kappa shape index (κ3) is 2.75. The zero-order chi connectivity index (χ0) is 20.8. The Bertz CT molecular complexity index is 1300. The first-order chi connectivity index (χ1) is 14.6. The van der Waals surface area contributed by atoms with Crippen molar-refractivity contribution in [1.29, 1.82) is 0 Å². The van der Waals surface area contributed by atoms with E-state index in [1.165, 1.54) is 16.2 Å². The smallest absolute Gasteiger partial charge is 0.294 e. The number of furan rings is 1. The van der Waals surface area contributed by atoms with Crippen LogP contribution in [0.25, 0.3) is 11.0 Å². The first kappa shape index (κ1) is 18.3. The number of amides is 1. The van der Waals surface area contributed by atoms with Crippen molar-refractivity contribution in [2.24, 2.45) is 0 Å². The zero-order valence-electron chi connectivity index (χ0n) is 15.4. The van der Waals surface area contributed by atoms with Crippen LogP contribution in [0.4, 0.5) is 5.69 Å². The SMILES string of the molecule is O=C(C1=C(O)C(=O)N(c2ccc3[nH]cnc3c2)C1c1ccc(CO)o1)c1cccs1. The van der Waals surface area contributed by atoms with Crippen LogP contribution in [0.2, 0.25) is 0 Å². The van der Waals surface area contributed by atoms with Gasteiger partial charge in [0.05, 0.1) is 27.8 Å². The number of aliphatic hydroxyl groups excluding tert-OH is 2. The molecule has 3 aromatic heterocycles. The topological polar surface area (TPSA) is 120 Å². The summed E-state index contributed by atoms with van der Waals surface area (Å²) in [5.41, 5.74) is 1.80. The molecule has 4 aromatic rings. The van der Waals surface area contributed by atoms with Gasteiger partial charge in [-0.05, 0) is 41.8 Å². The molecule has 0 fully saturated rings. The van der Waals surface area contributed by atoms with Crippen molar-refractivity contribution in [3.05, 3.63) is 81.9 Å². The summed E-state index contributed by atoms with van der Waals surface area (Å²) in [5.74, 6) is -1.24. The number of aliphatic hydroxyl groups is 2. The quantitative estimate of drug-likeness (QED) is 0.424. The number of carbonyl (C=O) groups excluding carboxylic acids is 2. The number of rotatable bonds is 5. The predicted octanol–water partition coefficient (Wildman–Crippen LogP) is 3.49. The molecule has 8 nitrogen and oxygen atoms in total. The number of thiophene rings is 1. The first-order valence-corrected chi connectivity index (χ1v) is 9.94. The second-order valence-electron chi connectivity index (χ2n) is 6.71. The van der Waals surface area contributed by atoms with E-state index in [4.69, 9.17) is 4.42 Å². The summed E-state index contributed by atoms with van der Waals surface area (Å²) in [6.07, 6.45) is 1.54. The highest BCUT2D eigenvalue weighted by molar-refractivity contribution is 7.12. The van der Waals surface area contributed by atoms with E-state index >= 15 is 0 Å². The molecule has 4 heterocycles. The fraction of sp³-hybridized carbons (Fsp3) is 0.0952. The van der Waals surface area contributed by atoms with Crippen LogP contribution in [0, 0.1) is 0 Å². The molecule has 0 spiro atoms. The number of carbonyl (C=O) groups is 2. The van der Waals surface area contributed by atoms with Gasteiger partial charge in [-0.1, -0.05) is 6.07 Å². The second kappa shape index (κ2) is 6.97. The van der Waals surface area contributed by atoms with Crippen molar-refractivity contribution in [3.63, 3.8) is 0 Å². The number of fused-ring (bicyclic) bond motifs is 1. The number of H-pyrrole nitrogens is 1. The number of aromatic nitrogens is 2. The van der Waals surface area contributed by atoms with Gasteiger partial charge in [-0.15, -0.1) is 11.3 Å². The van der Waals surface area contributed by atoms with Crippen molar-refractivity contribution >= 4 is 39.7 Å². The molecule has 150 valence electrons. The number of imidazole rings is 1. The van der Waals surface area contributed by atoms with Crippen LogP contribution in [-0.4, -0.2) is 31.9 Å². The van der Waals surface area contributed by atoms with Crippen molar-refractivity contribution < 1.29 is 24.2 Å². The van der Waals surface area contributed by atoms with Gasteiger partial charge in [-0.3, -0.25) is 14.5 Å². The average molecular weight is 421 g/mol. The minimum atomic E-state index is -0.983. The van der Waals surface area contributed by atoms with Crippen LogP contribution in [-0.2, 0) is 11.4 Å². The monoisotopic (exact) mass is 421 g/mol. The van der Waals surface area contributed by atoms with E-state index in [-0.39, 0.29) is 23.7 Å². The maximum Gasteiger partial charge on any atom is 0.294 e. The lowest BCUT2D eigenvalue weighted by Crippen LogP contribution is -2.30. The van der Waals surface area contributed by atoms with Crippen molar-refractivity contribution in [3.8, 4) is 0 Å². The first-order valence-electron chi connectivity index (χ1n) is 9.06. The van der Waals surface area contributed by atoms with Crippen LogP contribution >= 0.6 is 11.3 Å². The molecule has 1 atom stereocenters. The van der Waals surface area contributed by atoms with E-state index in [0.29, 0.717) is 16.1 Å². The Morgan fingerprint density at radius 2 is 2.13 bits per heavy atom. The van der Waals surface area contributed by atoms with Crippen molar-refractivity contribution in [2.75, 3.05) is 4.90 Å². The molecule has 1 aromatic carbocycles. The van der Waals surface area contributed by atoms with Gasteiger partial charge in [0.25, 0.3) is 5.91 Å². The van der Waals surface area contributed by atoms with Crippen molar-refractivity contribution in [2.45, 2.75) is 12.6 Å². The van der Waals surface area contributed by atoms with Gasteiger partial charge in [-0.2, -0.15) is 0 Å². The molecule has 0 bridgehead atoms. The summed E-state index contributed by atoms with van der Waals surface area (Å²) >= 11 is 1.22. The summed E-state index contributed by atoms with van der Waals surface area (Å²) in [6, 6.07) is 10.7. The molecule has 9 heteroatoms. The molecule has 0 aliphatic carbocycles. The van der Waals surface area contributed by atoms with Crippen LogP contribution < -0.4 is 4.90 Å². The average Bonchev–Trinajstić information content (AvgIpc) is 3.54. The van der Waals surface area contributed by atoms with E-state index in [9.17, 15) is 19.8 Å². The molecule has 1 amide bonds. The summed E-state index contributed by atoms with van der Waals surface area (Å²) in [4.78, 5) is 35.2. The minimum Gasteiger partial charge on any atom is -0.503 e. The zero-order valence-corrected chi connectivity index (χ0v) is 16.2. The number of aromatic amines is 1. The fourth-order valence-electron chi connectivity index (χ4n) is 3.61. The lowest BCUT2D eigenvalue weighted by atomic mass is 10.00. The van der Waals surface area contributed by atoms with E-state index in [1.807, 2.05) is 0 Å². The Kier molecular flexibility index (Phi) is 4.27. The van der Waals surface area contributed by atoms with Gasteiger partial charge in [-0.25, -0.2) is 4.98 Å². The summed E-state index contributed by atoms with van der Waals surface area (Å²) < 4.78 is 5.68. The standard InChI is InChI=1S/C21H15N3O5S/c25-9-12-4-6-15(29-12)18-17(19(26)16-2-1-7-30-16)20(27)21(28)24(18)11-3-5-13-14(8-11)23-10-22-13/h1-8,10,18,25,27H,9H2,(H,22,23). The van der Waals surface area contributed by atoms with E-state index in [1.54, 1.807) is 54.2 Å². The Morgan fingerprint density at radius 1 is 1.27 bits per heavy atom. The summed E-state index contributed by atoms with van der Waals surface area (Å²) in [5, 5.41) is 21.8. The lowest BCUT2D eigenvalue weighted by molar-refractivity contribution is -0.117. The number of hydrogen-bond donors (Lipinski definition) is 3. The normalized spacial score (nSPS) is 16.8. The number of nitrogens with one attached hydrogen (secondary N) is 1. The molecule has 0 saturated carbocycles. The van der Waals surface area contributed by atoms with Crippen LogP contribution in [0.1, 0.15) is 27.2 Å². The molecule has 3 N–H and O–H groups in total. The van der Waals surface area contributed by atoms with Gasteiger partial charge in [0.1, 0.15) is 24.2 Å². The fourth-order valence-corrected chi connectivity index (χ4v) is 4.29. The van der Waals surface area contributed by atoms with E-state index in [2.05, 4.69) is 9.97 Å². The van der Waals surface area contributed by atoms with Crippen LogP contribution in [0.5, 0.6) is 0 Å². The number of ketones is 1. The number of Topliss-reactive ketones (excluding diaryl/α,β-unsaturated/α-hetero) is 1. The lowest BCUT2D eigenvalue weighted by Gasteiger charge is -2.25. The maximum atomic E-state index is 13.2. The van der Waals surface area contributed by atoms with E-state index < -0.39 is 23.5 Å². The van der Waals surface area contributed by atoms with Gasteiger partial charge >= 0.3 is 0 Å². The number of benzene rings is 1. The molecule has 1 aliphatic rings. The largest absolute Gasteiger partial charge is 0.503 e. The molecule has 1 aliphatic heterocycles. The molecule has 30 heavy (non-hydrogen) atoms. The summed E-state index contributed by atoms with van der Waals surface area (Å²) in [6.45, 7) is -0.330. The van der Waals surface area contributed by atoms with Gasteiger partial charge in [0.2, 0.25) is 5.78 Å². The van der Waals surface area contributed by atoms with Crippen LogP contribution in [0.3, 0.4) is 0 Å².